The van der Waals surface area contributed by atoms with Crippen LogP contribution in [0.1, 0.15) is 27.2 Å². The number of phosphoric acid groups is 1. The van der Waals surface area contributed by atoms with E-state index in [2.05, 4.69) is 4.52 Å². The lowest BCUT2D eigenvalue weighted by molar-refractivity contribution is -0.0263. The first kappa shape index (κ1) is 12.1. The molecule has 1 fully saturated rings. The van der Waals surface area contributed by atoms with Crippen molar-refractivity contribution in [3.05, 3.63) is 0 Å². The van der Waals surface area contributed by atoms with Gasteiger partial charge in [-0.15, -0.1) is 0 Å². The zero-order chi connectivity index (χ0) is 11.0. The fourth-order valence-electron chi connectivity index (χ4n) is 1.66. The summed E-state index contributed by atoms with van der Waals surface area (Å²) in [5.41, 5.74) is -0.170. The Balaban J connectivity index is 2.65. The topological polar surface area (TPSA) is 76.0 Å². The summed E-state index contributed by atoms with van der Waals surface area (Å²) in [5.74, 6) is 0. The summed E-state index contributed by atoms with van der Waals surface area (Å²) in [6, 6.07) is 0. The van der Waals surface area contributed by atoms with E-state index in [1.807, 2.05) is 20.8 Å². The minimum atomic E-state index is -4.40. The molecule has 2 N–H and O–H groups in total. The molecule has 1 rings (SSSR count). The quantitative estimate of drug-likeness (QED) is 0.691. The Morgan fingerprint density at radius 1 is 1.43 bits per heavy atom. The monoisotopic (exact) mass is 224 g/mol. The van der Waals surface area contributed by atoms with Gasteiger partial charge >= 0.3 is 7.82 Å². The first-order valence-electron chi connectivity index (χ1n) is 4.56. The van der Waals surface area contributed by atoms with Crippen LogP contribution in [0.4, 0.5) is 0 Å². The van der Waals surface area contributed by atoms with Gasteiger partial charge in [-0.25, -0.2) is 4.57 Å². The standard InChI is InChI=1S/C8H17O5P/c1-8(2,3)7-6(4-5-12-7)13-14(9,10)11/h6-7H,4-5H2,1-3H3,(H2,9,10,11)/t6-,7-/m0/s1. The van der Waals surface area contributed by atoms with Gasteiger partial charge in [0.1, 0.15) is 0 Å². The van der Waals surface area contributed by atoms with E-state index in [1.165, 1.54) is 0 Å². The van der Waals surface area contributed by atoms with Crippen LogP contribution in [-0.4, -0.2) is 28.6 Å². The number of hydrogen-bond acceptors (Lipinski definition) is 3. The first-order chi connectivity index (χ1) is 6.20. The van der Waals surface area contributed by atoms with Crippen molar-refractivity contribution in [3.8, 4) is 0 Å². The van der Waals surface area contributed by atoms with Crippen LogP contribution in [0.3, 0.4) is 0 Å². The average Bonchev–Trinajstić information content (AvgIpc) is 2.29. The molecule has 0 aromatic carbocycles. The normalized spacial score (nSPS) is 29.5. The summed E-state index contributed by atoms with van der Waals surface area (Å²) in [6.45, 7) is 6.36. The van der Waals surface area contributed by atoms with Gasteiger partial charge in [0.05, 0.1) is 12.2 Å². The Kier molecular flexibility index (Phi) is 3.39. The molecule has 14 heavy (non-hydrogen) atoms. The minimum absolute atomic E-state index is 0.170. The molecule has 1 aliphatic rings. The molecule has 5 nitrogen and oxygen atoms in total. The second-order valence-corrected chi connectivity index (χ2v) is 5.77. The summed E-state index contributed by atoms with van der Waals surface area (Å²) < 4.78 is 20.8. The van der Waals surface area contributed by atoms with Crippen molar-refractivity contribution >= 4 is 7.82 Å². The third kappa shape index (κ3) is 3.33. The van der Waals surface area contributed by atoms with Gasteiger partial charge in [0.25, 0.3) is 0 Å². The molecular weight excluding hydrogens is 207 g/mol. The highest BCUT2D eigenvalue weighted by molar-refractivity contribution is 7.46. The van der Waals surface area contributed by atoms with E-state index >= 15 is 0 Å². The lowest BCUT2D eigenvalue weighted by atomic mass is 9.86. The molecule has 0 aromatic heterocycles. The maximum absolute atomic E-state index is 10.7. The van der Waals surface area contributed by atoms with E-state index in [0.29, 0.717) is 13.0 Å². The molecule has 0 aliphatic carbocycles. The minimum Gasteiger partial charge on any atom is -0.375 e. The van der Waals surface area contributed by atoms with Crippen LogP contribution in [0.5, 0.6) is 0 Å². The van der Waals surface area contributed by atoms with Gasteiger partial charge in [-0.05, 0) is 5.41 Å². The molecule has 6 heteroatoms. The molecule has 1 aliphatic heterocycles. The molecule has 1 saturated heterocycles. The molecule has 0 aromatic rings. The van der Waals surface area contributed by atoms with Gasteiger partial charge in [0, 0.05) is 13.0 Å². The maximum Gasteiger partial charge on any atom is 0.469 e. The van der Waals surface area contributed by atoms with Crippen molar-refractivity contribution in [3.63, 3.8) is 0 Å². The fourth-order valence-corrected chi connectivity index (χ4v) is 2.23. The largest absolute Gasteiger partial charge is 0.469 e. The summed E-state index contributed by atoms with van der Waals surface area (Å²) in [6.07, 6.45) is -0.224. The number of hydrogen-bond donors (Lipinski definition) is 2. The Morgan fingerprint density at radius 3 is 2.43 bits per heavy atom. The van der Waals surface area contributed by atoms with Gasteiger partial charge in [-0.3, -0.25) is 4.52 Å². The van der Waals surface area contributed by atoms with E-state index in [1.54, 1.807) is 0 Å². The van der Waals surface area contributed by atoms with Crippen LogP contribution < -0.4 is 0 Å². The van der Waals surface area contributed by atoms with E-state index < -0.39 is 13.9 Å². The number of ether oxygens (including phenoxy) is 1. The Labute approximate surface area is 83.7 Å². The van der Waals surface area contributed by atoms with Crippen LogP contribution in [0, 0.1) is 5.41 Å². The van der Waals surface area contributed by atoms with E-state index in [9.17, 15) is 4.57 Å². The Morgan fingerprint density at radius 2 is 2.00 bits per heavy atom. The van der Waals surface area contributed by atoms with E-state index in [0.717, 1.165) is 0 Å². The summed E-state index contributed by atoms with van der Waals surface area (Å²) in [5, 5.41) is 0. The van der Waals surface area contributed by atoms with Gasteiger partial charge in [-0.2, -0.15) is 0 Å². The smallest absolute Gasteiger partial charge is 0.375 e. The molecule has 0 saturated carbocycles. The zero-order valence-corrected chi connectivity index (χ0v) is 9.53. The fraction of sp³-hybridized carbons (Fsp3) is 1.00. The zero-order valence-electron chi connectivity index (χ0n) is 8.64. The molecule has 0 amide bonds. The predicted molar refractivity (Wildman–Crippen MR) is 50.7 cm³/mol. The van der Waals surface area contributed by atoms with Crippen molar-refractivity contribution in [2.45, 2.75) is 39.4 Å². The highest BCUT2D eigenvalue weighted by Gasteiger charge is 2.41. The molecule has 0 radical (unpaired) electrons. The second-order valence-electron chi connectivity index (χ2n) is 4.58. The first-order valence-corrected chi connectivity index (χ1v) is 6.09. The van der Waals surface area contributed by atoms with Crippen LogP contribution in [0.2, 0.25) is 0 Å². The van der Waals surface area contributed by atoms with Crippen molar-refractivity contribution in [2.24, 2.45) is 5.41 Å². The molecule has 0 bridgehead atoms. The van der Waals surface area contributed by atoms with Crippen LogP contribution in [0.15, 0.2) is 0 Å². The lowest BCUT2D eigenvalue weighted by Crippen LogP contribution is -2.35. The average molecular weight is 224 g/mol. The SMILES string of the molecule is CC(C)(C)[C@H]1OCC[C@@H]1OP(=O)(O)O. The summed E-state index contributed by atoms with van der Waals surface area (Å²) in [7, 11) is -4.40. The van der Waals surface area contributed by atoms with Crippen LogP contribution in [0.25, 0.3) is 0 Å². The van der Waals surface area contributed by atoms with Crippen LogP contribution in [-0.2, 0) is 13.8 Å². The number of rotatable bonds is 2. The third-order valence-corrected chi connectivity index (χ3v) is 2.71. The third-order valence-electron chi connectivity index (χ3n) is 2.16. The van der Waals surface area contributed by atoms with Gasteiger partial charge in [-0.1, -0.05) is 20.8 Å². The molecule has 0 unspecified atom stereocenters. The summed E-state index contributed by atoms with van der Waals surface area (Å²) in [4.78, 5) is 17.4. The molecular formula is C8H17O5P. The Hall–Kier alpha value is 0.0700. The van der Waals surface area contributed by atoms with E-state index in [4.69, 9.17) is 14.5 Å². The second kappa shape index (κ2) is 3.91. The molecule has 2 atom stereocenters. The maximum atomic E-state index is 10.7. The van der Waals surface area contributed by atoms with Crippen molar-refractivity contribution in [2.75, 3.05) is 6.61 Å². The highest BCUT2D eigenvalue weighted by atomic mass is 31.2. The van der Waals surface area contributed by atoms with Gasteiger partial charge in [0.15, 0.2) is 0 Å². The van der Waals surface area contributed by atoms with Gasteiger partial charge in [0.2, 0.25) is 0 Å². The highest BCUT2D eigenvalue weighted by Crippen LogP contribution is 2.43. The van der Waals surface area contributed by atoms with Crippen molar-refractivity contribution in [1.82, 2.24) is 0 Å². The lowest BCUT2D eigenvalue weighted by Gasteiger charge is -2.30. The van der Waals surface area contributed by atoms with Crippen LogP contribution >= 0.6 is 7.82 Å². The predicted octanol–water partition coefficient (Wildman–Crippen LogP) is 1.30. The Bertz CT molecular complexity index is 241. The summed E-state index contributed by atoms with van der Waals surface area (Å²) >= 11 is 0. The van der Waals surface area contributed by atoms with Gasteiger partial charge < -0.3 is 14.5 Å². The van der Waals surface area contributed by atoms with Crippen molar-refractivity contribution < 1.29 is 23.6 Å². The van der Waals surface area contributed by atoms with E-state index in [-0.39, 0.29) is 11.5 Å². The molecule has 1 heterocycles. The van der Waals surface area contributed by atoms with Crippen molar-refractivity contribution in [1.29, 1.82) is 0 Å². The molecule has 84 valence electrons. The number of phosphoric ester groups is 1. The molecule has 0 spiro atoms.